The Morgan fingerprint density at radius 2 is 1.75 bits per heavy atom. The quantitative estimate of drug-likeness (QED) is 0.865. The molecule has 0 fully saturated rings. The van der Waals surface area contributed by atoms with Gasteiger partial charge in [0.15, 0.2) is 0 Å². The second-order valence-electron chi connectivity index (χ2n) is 5.48. The maximum absolute atomic E-state index is 6.28. The SMILES string of the molecule is Cc1cc(CN(C)C)c(Cc2ccccc2N)cc1Cl. The van der Waals surface area contributed by atoms with Crippen molar-refractivity contribution in [2.45, 2.75) is 19.9 Å². The average Bonchev–Trinajstić information content (AvgIpc) is 2.37. The van der Waals surface area contributed by atoms with E-state index in [1.807, 2.05) is 25.1 Å². The highest BCUT2D eigenvalue weighted by Crippen LogP contribution is 2.25. The molecule has 2 nitrogen and oxygen atoms in total. The largest absolute Gasteiger partial charge is 0.398 e. The molecule has 0 aliphatic heterocycles. The molecule has 2 aromatic rings. The number of halogens is 1. The third-order valence-electron chi connectivity index (χ3n) is 3.40. The standard InChI is InChI=1S/C17H21ClN2/c1-12-8-15(11-20(2)3)14(10-16(12)18)9-13-6-4-5-7-17(13)19/h4-8,10H,9,11,19H2,1-3H3. The van der Waals surface area contributed by atoms with Crippen LogP contribution in [0.25, 0.3) is 0 Å². The Hall–Kier alpha value is -1.51. The van der Waals surface area contributed by atoms with Crippen LogP contribution in [-0.2, 0) is 13.0 Å². The number of rotatable bonds is 4. The van der Waals surface area contributed by atoms with Crippen LogP contribution in [0.5, 0.6) is 0 Å². The Morgan fingerprint density at radius 3 is 2.40 bits per heavy atom. The first kappa shape index (κ1) is 14.9. The molecular formula is C17H21ClN2. The van der Waals surface area contributed by atoms with Crippen LogP contribution in [0.15, 0.2) is 36.4 Å². The molecule has 106 valence electrons. The Balaban J connectivity index is 2.39. The van der Waals surface area contributed by atoms with Gasteiger partial charge in [0.1, 0.15) is 0 Å². The molecule has 0 aromatic heterocycles. The highest BCUT2D eigenvalue weighted by atomic mass is 35.5. The Kier molecular flexibility index (Phi) is 4.69. The number of anilines is 1. The Bertz CT molecular complexity index is 606. The highest BCUT2D eigenvalue weighted by molar-refractivity contribution is 6.31. The molecule has 0 atom stereocenters. The van der Waals surface area contributed by atoms with Crippen molar-refractivity contribution >= 4 is 17.3 Å². The lowest BCUT2D eigenvalue weighted by Gasteiger charge is -2.17. The third-order valence-corrected chi connectivity index (χ3v) is 3.81. The molecule has 0 saturated heterocycles. The average molecular weight is 289 g/mol. The number of nitrogens with zero attached hydrogens (tertiary/aromatic N) is 1. The fourth-order valence-electron chi connectivity index (χ4n) is 2.34. The molecule has 0 saturated carbocycles. The van der Waals surface area contributed by atoms with Gasteiger partial charge in [-0.3, -0.25) is 0 Å². The molecule has 0 aliphatic rings. The number of hydrogen-bond donors (Lipinski definition) is 1. The molecule has 0 radical (unpaired) electrons. The van der Waals surface area contributed by atoms with E-state index in [2.05, 4.69) is 37.2 Å². The van der Waals surface area contributed by atoms with E-state index in [4.69, 9.17) is 17.3 Å². The summed E-state index contributed by atoms with van der Waals surface area (Å²) in [5.41, 5.74) is 11.7. The Morgan fingerprint density at radius 1 is 1.05 bits per heavy atom. The number of nitrogens with two attached hydrogens (primary N) is 1. The smallest absolute Gasteiger partial charge is 0.0438 e. The van der Waals surface area contributed by atoms with Crippen LogP contribution in [0.4, 0.5) is 5.69 Å². The zero-order valence-corrected chi connectivity index (χ0v) is 13.0. The second kappa shape index (κ2) is 6.29. The minimum absolute atomic E-state index is 0.815. The van der Waals surface area contributed by atoms with Gasteiger partial charge in [-0.15, -0.1) is 0 Å². The lowest BCUT2D eigenvalue weighted by Crippen LogP contribution is -2.13. The normalized spacial score (nSPS) is 11.1. The van der Waals surface area contributed by atoms with E-state index in [0.717, 1.165) is 34.8 Å². The van der Waals surface area contributed by atoms with Crippen LogP contribution < -0.4 is 5.73 Å². The van der Waals surface area contributed by atoms with Gasteiger partial charge in [0.25, 0.3) is 0 Å². The van der Waals surface area contributed by atoms with Gasteiger partial charge in [-0.25, -0.2) is 0 Å². The molecule has 0 heterocycles. The molecule has 0 bridgehead atoms. The maximum atomic E-state index is 6.28. The first-order chi connectivity index (χ1) is 9.47. The molecule has 0 spiro atoms. The molecule has 3 heteroatoms. The van der Waals surface area contributed by atoms with E-state index < -0.39 is 0 Å². The predicted octanol–water partition coefficient (Wildman–Crippen LogP) is 3.88. The van der Waals surface area contributed by atoms with Gasteiger partial charge in [0.2, 0.25) is 0 Å². The number of nitrogen functional groups attached to an aromatic ring is 1. The van der Waals surface area contributed by atoms with E-state index in [-0.39, 0.29) is 0 Å². The van der Waals surface area contributed by atoms with Crippen LogP contribution in [0.2, 0.25) is 5.02 Å². The summed E-state index contributed by atoms with van der Waals surface area (Å²) in [5, 5.41) is 0.817. The lowest BCUT2D eigenvalue weighted by atomic mass is 9.97. The second-order valence-corrected chi connectivity index (χ2v) is 5.89. The minimum atomic E-state index is 0.815. The van der Waals surface area contributed by atoms with E-state index in [0.29, 0.717) is 0 Å². The van der Waals surface area contributed by atoms with Gasteiger partial charge >= 0.3 is 0 Å². The third kappa shape index (κ3) is 3.53. The highest BCUT2D eigenvalue weighted by Gasteiger charge is 2.09. The summed E-state index contributed by atoms with van der Waals surface area (Å²) in [6.45, 7) is 2.95. The molecule has 2 aromatic carbocycles. The van der Waals surface area contributed by atoms with Crippen molar-refractivity contribution in [3.8, 4) is 0 Å². The molecule has 0 unspecified atom stereocenters. The van der Waals surface area contributed by atoms with Crippen molar-refractivity contribution in [3.05, 3.63) is 63.7 Å². The van der Waals surface area contributed by atoms with Crippen molar-refractivity contribution in [1.82, 2.24) is 4.90 Å². The van der Waals surface area contributed by atoms with E-state index in [1.165, 1.54) is 11.1 Å². The van der Waals surface area contributed by atoms with Crippen LogP contribution in [0.3, 0.4) is 0 Å². The number of aryl methyl sites for hydroxylation is 1. The predicted molar refractivity (Wildman–Crippen MR) is 87.2 cm³/mol. The summed E-state index contributed by atoms with van der Waals surface area (Å²) in [6.07, 6.45) is 0.815. The monoisotopic (exact) mass is 288 g/mol. The summed E-state index contributed by atoms with van der Waals surface area (Å²) in [6, 6.07) is 12.2. The van der Waals surface area contributed by atoms with Crippen molar-refractivity contribution < 1.29 is 0 Å². The van der Waals surface area contributed by atoms with Gasteiger partial charge in [-0.05, 0) is 61.8 Å². The minimum Gasteiger partial charge on any atom is -0.398 e. The van der Waals surface area contributed by atoms with E-state index >= 15 is 0 Å². The first-order valence-electron chi connectivity index (χ1n) is 6.73. The molecule has 2 N–H and O–H groups in total. The summed E-state index contributed by atoms with van der Waals surface area (Å²) >= 11 is 6.28. The molecule has 0 aliphatic carbocycles. The zero-order chi connectivity index (χ0) is 14.7. The van der Waals surface area contributed by atoms with Gasteiger partial charge in [0.05, 0.1) is 0 Å². The van der Waals surface area contributed by atoms with E-state index in [9.17, 15) is 0 Å². The number of benzene rings is 2. The van der Waals surface area contributed by atoms with Crippen LogP contribution in [0, 0.1) is 6.92 Å². The lowest BCUT2D eigenvalue weighted by molar-refractivity contribution is 0.401. The first-order valence-corrected chi connectivity index (χ1v) is 7.11. The topological polar surface area (TPSA) is 29.3 Å². The Labute approximate surface area is 126 Å². The van der Waals surface area contributed by atoms with Crippen LogP contribution >= 0.6 is 11.6 Å². The summed E-state index contributed by atoms with van der Waals surface area (Å²) in [7, 11) is 4.15. The van der Waals surface area contributed by atoms with Crippen molar-refractivity contribution in [1.29, 1.82) is 0 Å². The summed E-state index contributed by atoms with van der Waals surface area (Å²) < 4.78 is 0. The van der Waals surface area contributed by atoms with Crippen LogP contribution in [0.1, 0.15) is 22.3 Å². The molecular weight excluding hydrogens is 268 g/mol. The van der Waals surface area contributed by atoms with Crippen molar-refractivity contribution in [2.24, 2.45) is 0 Å². The van der Waals surface area contributed by atoms with Gasteiger partial charge in [-0.2, -0.15) is 0 Å². The summed E-state index contributed by atoms with van der Waals surface area (Å²) in [4.78, 5) is 2.17. The van der Waals surface area contributed by atoms with Crippen molar-refractivity contribution in [2.75, 3.05) is 19.8 Å². The van der Waals surface area contributed by atoms with Gasteiger partial charge in [-0.1, -0.05) is 35.9 Å². The fourth-order valence-corrected chi connectivity index (χ4v) is 2.52. The fraction of sp³-hybridized carbons (Fsp3) is 0.294. The molecule has 20 heavy (non-hydrogen) atoms. The maximum Gasteiger partial charge on any atom is 0.0438 e. The zero-order valence-electron chi connectivity index (χ0n) is 12.3. The van der Waals surface area contributed by atoms with Crippen molar-refractivity contribution in [3.63, 3.8) is 0 Å². The van der Waals surface area contributed by atoms with Crippen LogP contribution in [-0.4, -0.2) is 19.0 Å². The molecule has 0 amide bonds. The summed E-state index contributed by atoms with van der Waals surface area (Å²) in [5.74, 6) is 0. The van der Waals surface area contributed by atoms with Gasteiger partial charge in [0, 0.05) is 17.3 Å². The number of hydrogen-bond acceptors (Lipinski definition) is 2. The van der Waals surface area contributed by atoms with Gasteiger partial charge < -0.3 is 10.6 Å². The van der Waals surface area contributed by atoms with E-state index in [1.54, 1.807) is 0 Å². The number of para-hydroxylation sites is 1. The molecule has 2 rings (SSSR count).